The minimum absolute atomic E-state index is 0.100. The van der Waals surface area contributed by atoms with Crippen LogP contribution in [0, 0.1) is 11.3 Å². The monoisotopic (exact) mass is 299 g/mol. The second-order valence-electron chi connectivity index (χ2n) is 6.05. The molecule has 1 aliphatic heterocycles. The number of carbonyl (C=O) groups is 1. The molecule has 1 N–H and O–H groups in total. The van der Waals surface area contributed by atoms with Crippen LogP contribution in [0.25, 0.3) is 0 Å². The van der Waals surface area contributed by atoms with Crippen LogP contribution in [0.3, 0.4) is 0 Å². The van der Waals surface area contributed by atoms with Crippen molar-refractivity contribution < 1.29 is 9.53 Å². The van der Waals surface area contributed by atoms with E-state index in [-0.39, 0.29) is 11.4 Å². The lowest BCUT2D eigenvalue weighted by Crippen LogP contribution is -2.62. The van der Waals surface area contributed by atoms with E-state index in [0.29, 0.717) is 17.7 Å². The van der Waals surface area contributed by atoms with E-state index >= 15 is 0 Å². The molecule has 2 aliphatic rings. The molecule has 1 heterocycles. The van der Waals surface area contributed by atoms with Crippen molar-refractivity contribution in [2.45, 2.75) is 24.8 Å². The van der Waals surface area contributed by atoms with Crippen molar-refractivity contribution in [1.82, 2.24) is 10.2 Å². The van der Waals surface area contributed by atoms with Gasteiger partial charge in [-0.05, 0) is 37.5 Å². The number of hydrogen-bond acceptors (Lipinski definition) is 4. The molecule has 1 aromatic rings. The van der Waals surface area contributed by atoms with Gasteiger partial charge in [-0.25, -0.2) is 0 Å². The molecule has 1 saturated heterocycles. The van der Waals surface area contributed by atoms with Crippen molar-refractivity contribution in [2.75, 3.05) is 32.8 Å². The molecule has 1 saturated carbocycles. The minimum Gasteiger partial charge on any atom is -0.379 e. The molecule has 1 amide bonds. The van der Waals surface area contributed by atoms with Crippen molar-refractivity contribution in [3.8, 4) is 6.07 Å². The lowest BCUT2D eigenvalue weighted by Gasteiger charge is -2.51. The normalized spacial score (nSPS) is 20.7. The standard InChI is InChI=1S/C17H21N3O2/c18-12-14-3-1-4-15(11-14)16(21)19-13-17(5-2-6-17)20-7-9-22-10-8-20/h1,3-4,11H,2,5-10,13H2,(H,19,21). The summed E-state index contributed by atoms with van der Waals surface area (Å²) in [7, 11) is 0. The fourth-order valence-corrected chi connectivity index (χ4v) is 3.30. The molecule has 0 radical (unpaired) electrons. The Balaban J connectivity index is 1.62. The van der Waals surface area contributed by atoms with E-state index in [1.807, 2.05) is 0 Å². The Hall–Kier alpha value is -1.90. The molecular weight excluding hydrogens is 278 g/mol. The van der Waals surface area contributed by atoms with Crippen LogP contribution in [-0.4, -0.2) is 49.2 Å². The van der Waals surface area contributed by atoms with Crippen molar-refractivity contribution in [3.63, 3.8) is 0 Å². The molecule has 0 unspecified atom stereocenters. The number of nitrogens with zero attached hydrogens (tertiary/aromatic N) is 2. The Morgan fingerprint density at radius 3 is 2.77 bits per heavy atom. The average Bonchev–Trinajstić information content (AvgIpc) is 2.54. The van der Waals surface area contributed by atoms with Crippen molar-refractivity contribution >= 4 is 5.91 Å². The summed E-state index contributed by atoms with van der Waals surface area (Å²) in [6.07, 6.45) is 3.48. The van der Waals surface area contributed by atoms with Gasteiger partial charge in [0.15, 0.2) is 0 Å². The molecule has 5 nitrogen and oxygen atoms in total. The predicted molar refractivity (Wildman–Crippen MR) is 82.5 cm³/mol. The third kappa shape index (κ3) is 2.99. The number of nitriles is 1. The molecule has 116 valence electrons. The predicted octanol–water partition coefficient (Wildman–Crippen LogP) is 1.54. The first-order valence-corrected chi connectivity index (χ1v) is 7.85. The molecule has 1 aromatic carbocycles. The lowest BCUT2D eigenvalue weighted by atomic mass is 9.75. The fourth-order valence-electron chi connectivity index (χ4n) is 3.30. The number of rotatable bonds is 4. The Morgan fingerprint density at radius 1 is 1.36 bits per heavy atom. The second-order valence-corrected chi connectivity index (χ2v) is 6.05. The van der Waals surface area contributed by atoms with E-state index in [1.54, 1.807) is 24.3 Å². The van der Waals surface area contributed by atoms with Gasteiger partial charge in [0.25, 0.3) is 5.91 Å². The molecule has 5 heteroatoms. The molecule has 0 atom stereocenters. The number of ether oxygens (including phenoxy) is 1. The zero-order chi connectivity index (χ0) is 15.4. The highest BCUT2D eigenvalue weighted by Gasteiger charge is 2.42. The highest BCUT2D eigenvalue weighted by atomic mass is 16.5. The first kappa shape index (κ1) is 15.0. The average molecular weight is 299 g/mol. The summed E-state index contributed by atoms with van der Waals surface area (Å²) in [6.45, 7) is 4.11. The Kier molecular flexibility index (Phi) is 4.41. The van der Waals surface area contributed by atoms with Crippen LogP contribution in [-0.2, 0) is 4.74 Å². The van der Waals surface area contributed by atoms with E-state index in [0.717, 1.165) is 39.1 Å². The van der Waals surface area contributed by atoms with Crippen LogP contribution in [0.5, 0.6) is 0 Å². The molecular formula is C17H21N3O2. The minimum atomic E-state index is -0.100. The molecule has 0 spiro atoms. The van der Waals surface area contributed by atoms with Gasteiger partial charge in [-0.2, -0.15) is 5.26 Å². The third-order valence-corrected chi connectivity index (χ3v) is 4.80. The quantitative estimate of drug-likeness (QED) is 0.916. The molecule has 3 rings (SSSR count). The number of morpholine rings is 1. The Labute approximate surface area is 130 Å². The summed E-state index contributed by atoms with van der Waals surface area (Å²) in [5.41, 5.74) is 1.17. The molecule has 22 heavy (non-hydrogen) atoms. The number of benzene rings is 1. The summed E-state index contributed by atoms with van der Waals surface area (Å²) < 4.78 is 5.42. The van der Waals surface area contributed by atoms with E-state index in [9.17, 15) is 4.79 Å². The summed E-state index contributed by atoms with van der Waals surface area (Å²) in [5, 5.41) is 12.0. The molecule has 2 fully saturated rings. The maximum absolute atomic E-state index is 12.3. The summed E-state index contributed by atoms with van der Waals surface area (Å²) in [6, 6.07) is 8.90. The van der Waals surface area contributed by atoms with Crippen LogP contribution < -0.4 is 5.32 Å². The third-order valence-electron chi connectivity index (χ3n) is 4.80. The van der Waals surface area contributed by atoms with Gasteiger partial charge in [0.2, 0.25) is 0 Å². The van der Waals surface area contributed by atoms with Crippen molar-refractivity contribution in [3.05, 3.63) is 35.4 Å². The van der Waals surface area contributed by atoms with E-state index in [2.05, 4.69) is 16.3 Å². The van der Waals surface area contributed by atoms with Gasteiger partial charge in [-0.1, -0.05) is 6.07 Å². The highest BCUT2D eigenvalue weighted by molar-refractivity contribution is 5.94. The van der Waals surface area contributed by atoms with Crippen LogP contribution in [0.1, 0.15) is 35.2 Å². The summed E-state index contributed by atoms with van der Waals surface area (Å²) in [5.74, 6) is -0.100. The smallest absolute Gasteiger partial charge is 0.251 e. The second kappa shape index (κ2) is 6.47. The van der Waals surface area contributed by atoms with Gasteiger partial charge in [0, 0.05) is 30.7 Å². The van der Waals surface area contributed by atoms with Gasteiger partial charge in [-0.15, -0.1) is 0 Å². The molecule has 0 bridgehead atoms. The van der Waals surface area contributed by atoms with Gasteiger partial charge >= 0.3 is 0 Å². The Morgan fingerprint density at radius 2 is 2.14 bits per heavy atom. The lowest BCUT2D eigenvalue weighted by molar-refractivity contribution is -0.0540. The largest absolute Gasteiger partial charge is 0.379 e. The number of amides is 1. The molecule has 0 aromatic heterocycles. The van der Waals surface area contributed by atoms with Gasteiger partial charge in [0.05, 0.1) is 24.8 Å². The van der Waals surface area contributed by atoms with Crippen LogP contribution in [0.15, 0.2) is 24.3 Å². The topological polar surface area (TPSA) is 65.4 Å². The number of hydrogen-bond donors (Lipinski definition) is 1. The zero-order valence-electron chi connectivity index (χ0n) is 12.7. The van der Waals surface area contributed by atoms with Crippen LogP contribution in [0.2, 0.25) is 0 Å². The SMILES string of the molecule is N#Cc1cccc(C(=O)NCC2(N3CCOCC3)CCC2)c1. The number of nitrogens with one attached hydrogen (secondary N) is 1. The maximum atomic E-state index is 12.3. The van der Waals surface area contributed by atoms with Gasteiger partial charge in [-0.3, -0.25) is 9.69 Å². The maximum Gasteiger partial charge on any atom is 0.251 e. The first-order valence-electron chi connectivity index (χ1n) is 7.85. The van der Waals surface area contributed by atoms with Crippen LogP contribution in [0.4, 0.5) is 0 Å². The highest BCUT2D eigenvalue weighted by Crippen LogP contribution is 2.37. The fraction of sp³-hybridized carbons (Fsp3) is 0.529. The zero-order valence-corrected chi connectivity index (χ0v) is 12.7. The van der Waals surface area contributed by atoms with Crippen LogP contribution >= 0.6 is 0 Å². The molecule has 1 aliphatic carbocycles. The first-order chi connectivity index (χ1) is 10.7. The van der Waals surface area contributed by atoms with E-state index in [4.69, 9.17) is 10.00 Å². The van der Waals surface area contributed by atoms with Gasteiger partial charge in [0.1, 0.15) is 0 Å². The van der Waals surface area contributed by atoms with Gasteiger partial charge < -0.3 is 10.1 Å². The summed E-state index contributed by atoms with van der Waals surface area (Å²) >= 11 is 0. The van der Waals surface area contributed by atoms with Crippen molar-refractivity contribution in [2.24, 2.45) is 0 Å². The van der Waals surface area contributed by atoms with E-state index < -0.39 is 0 Å². The Bertz CT molecular complexity index is 584. The van der Waals surface area contributed by atoms with Crippen molar-refractivity contribution in [1.29, 1.82) is 5.26 Å². The number of carbonyl (C=O) groups excluding carboxylic acids is 1. The summed E-state index contributed by atoms with van der Waals surface area (Å²) in [4.78, 5) is 14.8. The van der Waals surface area contributed by atoms with E-state index in [1.165, 1.54) is 6.42 Å².